The topological polar surface area (TPSA) is 92.3 Å². The number of hydrogen-bond donors (Lipinski definition) is 1. The van der Waals surface area contributed by atoms with Crippen LogP contribution in [0.3, 0.4) is 0 Å². The number of piperidine rings is 1. The molecule has 0 saturated carbocycles. The average molecular weight is 467 g/mol. The number of carbonyl (C=O) groups is 1. The number of nitrogens with one attached hydrogen (secondary N) is 1. The van der Waals surface area contributed by atoms with Crippen LogP contribution in [0.2, 0.25) is 5.02 Å². The molecule has 1 N–H and O–H groups in total. The van der Waals surface area contributed by atoms with Crippen molar-refractivity contribution in [2.75, 3.05) is 17.6 Å². The lowest BCUT2D eigenvalue weighted by Crippen LogP contribution is -2.41. The minimum absolute atomic E-state index is 0.0174. The van der Waals surface area contributed by atoms with Gasteiger partial charge in [0.25, 0.3) is 5.91 Å². The first-order valence-electron chi connectivity index (χ1n) is 9.52. The summed E-state index contributed by atoms with van der Waals surface area (Å²) in [6, 6.07) is 6.10. The highest BCUT2D eigenvalue weighted by Crippen LogP contribution is 2.26. The molecule has 2 aromatic rings. The summed E-state index contributed by atoms with van der Waals surface area (Å²) in [5, 5.41) is 3.25. The first-order valence-corrected chi connectivity index (χ1v) is 12.3. The summed E-state index contributed by atoms with van der Waals surface area (Å²) in [5.74, 6) is 0.108. The number of halogens is 1. The number of nitrogens with zero attached hydrogens (tertiary/aromatic N) is 3. The molecule has 1 aromatic carbocycles. The molecule has 1 amide bonds. The van der Waals surface area contributed by atoms with Crippen molar-refractivity contribution in [2.45, 2.75) is 42.3 Å². The predicted octanol–water partition coefficient (Wildman–Crippen LogP) is 4.22. The van der Waals surface area contributed by atoms with Crippen molar-refractivity contribution in [3.63, 3.8) is 0 Å². The van der Waals surface area contributed by atoms with Gasteiger partial charge in [-0.15, -0.1) is 6.58 Å². The van der Waals surface area contributed by atoms with Crippen LogP contribution < -0.4 is 5.32 Å². The van der Waals surface area contributed by atoms with Gasteiger partial charge in [-0.25, -0.2) is 18.4 Å². The van der Waals surface area contributed by atoms with Crippen LogP contribution in [-0.2, 0) is 10.0 Å². The fourth-order valence-corrected chi connectivity index (χ4v) is 5.60. The molecule has 0 bridgehead atoms. The normalized spacial score (nSPS) is 17.5. The Morgan fingerprint density at radius 2 is 2.10 bits per heavy atom. The van der Waals surface area contributed by atoms with Gasteiger partial charge < -0.3 is 5.32 Å². The van der Waals surface area contributed by atoms with Gasteiger partial charge >= 0.3 is 0 Å². The Hall–Kier alpha value is -1.94. The van der Waals surface area contributed by atoms with E-state index in [9.17, 15) is 13.2 Å². The summed E-state index contributed by atoms with van der Waals surface area (Å²) in [7, 11) is -3.56. The molecule has 0 aliphatic carbocycles. The molecule has 160 valence electrons. The molecule has 1 aliphatic heterocycles. The molecule has 1 aliphatic rings. The van der Waals surface area contributed by atoms with Gasteiger partial charge in [-0.2, -0.15) is 4.31 Å². The zero-order chi connectivity index (χ0) is 21.7. The summed E-state index contributed by atoms with van der Waals surface area (Å²) < 4.78 is 27.4. The van der Waals surface area contributed by atoms with E-state index < -0.39 is 15.9 Å². The van der Waals surface area contributed by atoms with Crippen molar-refractivity contribution < 1.29 is 13.2 Å². The lowest BCUT2D eigenvalue weighted by atomic mass is 10.1. The second-order valence-electron chi connectivity index (χ2n) is 6.89. The van der Waals surface area contributed by atoms with Gasteiger partial charge in [0.1, 0.15) is 0 Å². The summed E-state index contributed by atoms with van der Waals surface area (Å²) in [6.45, 7) is 6.09. The zero-order valence-corrected chi connectivity index (χ0v) is 18.9. The van der Waals surface area contributed by atoms with Crippen LogP contribution in [0, 0.1) is 0 Å². The largest absolute Gasteiger partial charge is 0.321 e. The van der Waals surface area contributed by atoms with E-state index in [0.29, 0.717) is 23.1 Å². The van der Waals surface area contributed by atoms with E-state index in [4.69, 9.17) is 11.6 Å². The predicted molar refractivity (Wildman–Crippen MR) is 120 cm³/mol. The van der Waals surface area contributed by atoms with Crippen LogP contribution in [0.4, 0.5) is 5.69 Å². The van der Waals surface area contributed by atoms with E-state index >= 15 is 0 Å². The highest BCUT2D eigenvalue weighted by atomic mass is 35.5. The maximum Gasteiger partial charge on any atom is 0.275 e. The Bertz CT molecular complexity index is 1030. The number of sulfonamides is 1. The number of amides is 1. The van der Waals surface area contributed by atoms with Crippen molar-refractivity contribution in [1.82, 2.24) is 14.3 Å². The molecular formula is C20H23ClN4O3S2. The lowest BCUT2D eigenvalue weighted by molar-refractivity contribution is 0.102. The van der Waals surface area contributed by atoms with E-state index in [1.807, 2.05) is 6.92 Å². The Morgan fingerprint density at radius 1 is 1.37 bits per heavy atom. The first-order chi connectivity index (χ1) is 14.3. The van der Waals surface area contributed by atoms with Crippen LogP contribution in [-0.4, -0.2) is 46.9 Å². The number of carbonyl (C=O) groups excluding carboxylic acids is 1. The van der Waals surface area contributed by atoms with E-state index in [2.05, 4.69) is 21.9 Å². The van der Waals surface area contributed by atoms with Crippen LogP contribution in [0.5, 0.6) is 0 Å². The molecule has 0 spiro atoms. The SMILES string of the molecule is C=CCSc1ncc(Cl)c(C(=O)Nc2ccc(S(=O)(=O)N3CCCC[C@@H]3C)cc2)n1. The van der Waals surface area contributed by atoms with Crippen molar-refractivity contribution in [3.05, 3.63) is 53.8 Å². The number of aromatic nitrogens is 2. The summed E-state index contributed by atoms with van der Waals surface area (Å²) in [6.07, 6.45) is 5.86. The second kappa shape index (κ2) is 9.91. The standard InChI is InChI=1S/C20H23ClN4O3S2/c1-3-12-29-20-22-13-17(21)18(24-20)19(26)23-15-7-9-16(10-8-15)30(27,28)25-11-5-4-6-14(25)2/h3,7-10,13-14H,1,4-6,11-12H2,2H3,(H,23,26)/t14-/m0/s1. The van der Waals surface area contributed by atoms with Crippen molar-refractivity contribution in [2.24, 2.45) is 0 Å². The number of benzene rings is 1. The zero-order valence-electron chi connectivity index (χ0n) is 16.5. The van der Waals surface area contributed by atoms with Crippen LogP contribution in [0.15, 0.2) is 53.2 Å². The second-order valence-corrected chi connectivity index (χ2v) is 10.2. The summed E-state index contributed by atoms with van der Waals surface area (Å²) in [4.78, 5) is 21.1. The van der Waals surface area contributed by atoms with Crippen molar-refractivity contribution in [1.29, 1.82) is 0 Å². The molecule has 1 fully saturated rings. The van der Waals surface area contributed by atoms with Gasteiger partial charge in [0.2, 0.25) is 10.0 Å². The highest BCUT2D eigenvalue weighted by molar-refractivity contribution is 7.99. The minimum Gasteiger partial charge on any atom is -0.321 e. The van der Waals surface area contributed by atoms with Crippen LogP contribution in [0.1, 0.15) is 36.7 Å². The third-order valence-corrected chi connectivity index (χ3v) is 7.89. The maximum atomic E-state index is 12.9. The van der Waals surface area contributed by atoms with Gasteiger partial charge in [0, 0.05) is 24.0 Å². The molecule has 0 unspecified atom stereocenters. The summed E-state index contributed by atoms with van der Waals surface area (Å²) in [5.41, 5.74) is 0.498. The number of hydrogen-bond acceptors (Lipinski definition) is 6. The molecule has 1 aromatic heterocycles. The molecule has 2 heterocycles. The molecular weight excluding hydrogens is 444 g/mol. The van der Waals surface area contributed by atoms with E-state index in [1.54, 1.807) is 22.5 Å². The Morgan fingerprint density at radius 3 is 2.77 bits per heavy atom. The van der Waals surface area contributed by atoms with E-state index in [-0.39, 0.29) is 21.7 Å². The van der Waals surface area contributed by atoms with Gasteiger partial charge in [-0.05, 0) is 44.0 Å². The Labute approximate surface area is 186 Å². The van der Waals surface area contributed by atoms with Crippen LogP contribution >= 0.6 is 23.4 Å². The average Bonchev–Trinajstić information content (AvgIpc) is 2.73. The van der Waals surface area contributed by atoms with Crippen molar-refractivity contribution in [3.8, 4) is 0 Å². The monoisotopic (exact) mass is 466 g/mol. The Kier molecular flexibility index (Phi) is 7.51. The first kappa shape index (κ1) is 22.7. The summed E-state index contributed by atoms with van der Waals surface area (Å²) >= 11 is 7.41. The maximum absolute atomic E-state index is 12.9. The van der Waals surface area contributed by atoms with Gasteiger partial charge in [0.05, 0.1) is 16.1 Å². The van der Waals surface area contributed by atoms with Gasteiger partial charge in [-0.1, -0.05) is 35.9 Å². The Balaban J connectivity index is 1.74. The number of anilines is 1. The van der Waals surface area contributed by atoms with E-state index in [0.717, 1.165) is 19.3 Å². The molecule has 30 heavy (non-hydrogen) atoms. The molecule has 1 saturated heterocycles. The fourth-order valence-electron chi connectivity index (χ4n) is 3.18. The third-order valence-electron chi connectivity index (χ3n) is 4.73. The molecule has 3 rings (SSSR count). The smallest absolute Gasteiger partial charge is 0.275 e. The molecule has 1 atom stereocenters. The highest BCUT2D eigenvalue weighted by Gasteiger charge is 2.30. The van der Waals surface area contributed by atoms with E-state index in [1.165, 1.54) is 30.1 Å². The molecule has 0 radical (unpaired) electrons. The molecule has 7 nitrogen and oxygen atoms in total. The van der Waals surface area contributed by atoms with Gasteiger partial charge in [0.15, 0.2) is 10.9 Å². The fraction of sp³-hybridized carbons (Fsp3) is 0.350. The minimum atomic E-state index is -3.56. The third kappa shape index (κ3) is 5.21. The lowest BCUT2D eigenvalue weighted by Gasteiger charge is -2.32. The quantitative estimate of drug-likeness (QED) is 0.373. The number of rotatable bonds is 7. The molecule has 10 heteroatoms. The van der Waals surface area contributed by atoms with Crippen molar-refractivity contribution >= 4 is 45.0 Å². The van der Waals surface area contributed by atoms with Gasteiger partial charge in [-0.3, -0.25) is 4.79 Å². The van der Waals surface area contributed by atoms with Crippen LogP contribution in [0.25, 0.3) is 0 Å². The number of thioether (sulfide) groups is 1.